The highest BCUT2D eigenvalue weighted by Gasteiger charge is 2.27. The molecule has 650 valence electrons. The zero-order valence-corrected chi connectivity index (χ0v) is 73.4. The molecule has 34 nitrogen and oxygen atoms in total. The predicted octanol–water partition coefficient (Wildman–Crippen LogP) is 12.5. The van der Waals surface area contributed by atoms with Crippen LogP contribution in [0.4, 0.5) is 27.7 Å². The molecule has 37 heteroatoms. The fourth-order valence-electron chi connectivity index (χ4n) is 16.0. The Kier molecular flexibility index (Phi) is 22.6. The number of aliphatic hydroxyl groups excluding tert-OH is 1. The molecule has 16 heterocycles. The van der Waals surface area contributed by atoms with E-state index >= 15 is 0 Å². The van der Waals surface area contributed by atoms with Crippen molar-refractivity contribution in [3.8, 4) is 51.6 Å². The van der Waals surface area contributed by atoms with Crippen LogP contribution in [0, 0.1) is 73.0 Å². The van der Waals surface area contributed by atoms with Crippen molar-refractivity contribution in [2.75, 3.05) is 22.9 Å². The lowest BCUT2D eigenvalue weighted by atomic mass is 10.1. The third-order valence-corrected chi connectivity index (χ3v) is 24.2. The van der Waals surface area contributed by atoms with Crippen molar-refractivity contribution in [3.63, 3.8) is 0 Å². The molecule has 0 unspecified atom stereocenters. The highest BCUT2D eigenvalue weighted by atomic mass is 32.1. The fourth-order valence-corrected chi connectivity index (χ4v) is 17.8. The average Bonchev–Trinajstić information content (AvgIpc) is 1.75. The molecule has 10 N–H and O–H groups in total. The number of aromatic nitrogens is 24. The summed E-state index contributed by atoms with van der Waals surface area (Å²) >= 11 is 2.94. The van der Waals surface area contributed by atoms with Gasteiger partial charge >= 0.3 is 0 Å². The molecule has 0 aliphatic carbocycles. The van der Waals surface area contributed by atoms with Crippen LogP contribution >= 0.6 is 22.7 Å². The van der Waals surface area contributed by atoms with Crippen molar-refractivity contribution in [2.24, 2.45) is 0 Å². The number of hydrogen-bond donors (Lipinski definition) is 6. The predicted molar refractivity (Wildman–Crippen MR) is 504 cm³/mol. The third kappa shape index (κ3) is 16.0. The van der Waals surface area contributed by atoms with Crippen molar-refractivity contribution in [1.82, 2.24) is 117 Å². The topological polar surface area (TPSA) is 458 Å². The molecule has 0 aliphatic rings. The molecule has 0 spiro atoms. The maximum Gasteiger partial charge on any atom is 0.267 e. The van der Waals surface area contributed by atoms with Crippen molar-refractivity contribution in [2.45, 2.75) is 94.6 Å². The molecular weight excluding hydrogens is 1700 g/mol. The van der Waals surface area contributed by atoms with E-state index < -0.39 is 11.9 Å². The van der Waals surface area contributed by atoms with Crippen LogP contribution < -0.4 is 45.2 Å². The average molecular weight is 1780 g/mol. The Hall–Kier alpha value is -16.9. The maximum absolute atomic E-state index is 14.2. The first-order valence-corrected chi connectivity index (χ1v) is 42.7. The van der Waals surface area contributed by atoms with E-state index in [-0.39, 0.29) is 59.3 Å². The van der Waals surface area contributed by atoms with Crippen LogP contribution in [-0.2, 0) is 26.2 Å². The Bertz CT molecular complexity index is 8500. The number of nitrogens with two attached hydrogens (primary N) is 4. The zero-order chi connectivity index (χ0) is 91.5. The number of halogens is 1. The Morgan fingerprint density at radius 2 is 0.947 bits per heavy atom. The van der Waals surface area contributed by atoms with Gasteiger partial charge in [0.15, 0.2) is 28.4 Å². The summed E-state index contributed by atoms with van der Waals surface area (Å²) in [5.74, 6) is 6.85. The van der Waals surface area contributed by atoms with Crippen LogP contribution in [-0.4, -0.2) is 133 Å². The number of thiophene rings is 2. The lowest BCUT2D eigenvalue weighted by Crippen LogP contribution is -2.26. The Labute approximate surface area is 749 Å². The van der Waals surface area contributed by atoms with Gasteiger partial charge < -0.3 is 37.7 Å². The molecule has 0 fully saturated rings. The number of anilines is 4. The van der Waals surface area contributed by atoms with Crippen molar-refractivity contribution >= 4 is 132 Å². The first-order chi connectivity index (χ1) is 63.2. The lowest BCUT2D eigenvalue weighted by Gasteiger charge is -2.17. The highest BCUT2D eigenvalue weighted by molar-refractivity contribution is 7.18. The molecule has 5 aromatic carbocycles. The molecule has 0 aliphatic heterocycles. The van der Waals surface area contributed by atoms with Gasteiger partial charge in [-0.05, 0) is 179 Å². The van der Waals surface area contributed by atoms with Crippen molar-refractivity contribution < 1.29 is 14.6 Å². The summed E-state index contributed by atoms with van der Waals surface area (Å²) in [4.78, 5) is 113. The van der Waals surface area contributed by atoms with Gasteiger partial charge in [0.1, 0.15) is 112 Å². The van der Waals surface area contributed by atoms with Gasteiger partial charge in [0.25, 0.3) is 22.2 Å². The number of pyridine rings is 4. The summed E-state index contributed by atoms with van der Waals surface area (Å²) in [6, 6.07) is 43.9. The van der Waals surface area contributed by atoms with Crippen LogP contribution in [0.1, 0.15) is 79.5 Å². The smallest absolute Gasteiger partial charge is 0.267 e. The van der Waals surface area contributed by atoms with Crippen LogP contribution in [0.2, 0.25) is 0 Å². The second-order valence-electron chi connectivity index (χ2n) is 31.2. The van der Waals surface area contributed by atoms with Crippen LogP contribution in [0.15, 0.2) is 220 Å². The monoisotopic (exact) mass is 1780 g/mol. The van der Waals surface area contributed by atoms with Gasteiger partial charge in [-0.2, -0.15) is 15.3 Å². The molecule has 0 amide bonds. The SMILES string of the molecule is Cc1cc2c(=O)n(-c3ccccc3C)c(Cn3nc(C#C[C@H](C)O)c4c(N)ncnc43)nc2s1.Cc1ccccc1-n1c(Cn2cnc3c(N)ncnc32)cc2nccc(C)c2c1=O.Cc1ccccc1-n1c(Cn2nc(-c3cc(O)cc(F)c3)c3c(N)ncnc32)cc2nccc(C)c2c1=O.Cc1ccccc1-n1c(Cn2ncc3c(N)ncnc32)nc2scc(C)c2c1=O. The molecule has 0 saturated carbocycles. The van der Waals surface area contributed by atoms with Gasteiger partial charge in [-0.1, -0.05) is 78.7 Å². The summed E-state index contributed by atoms with van der Waals surface area (Å²) in [5.41, 5.74) is 39.5. The number of fused-ring (bicyclic) bond motifs is 8. The van der Waals surface area contributed by atoms with E-state index in [1.807, 2.05) is 193 Å². The van der Waals surface area contributed by atoms with E-state index in [9.17, 15) is 33.8 Å². The van der Waals surface area contributed by atoms with Crippen molar-refractivity contribution in [1.29, 1.82) is 0 Å². The number of para-hydroxylation sites is 4. The van der Waals surface area contributed by atoms with E-state index in [2.05, 4.69) is 76.9 Å². The van der Waals surface area contributed by atoms with E-state index in [1.54, 1.807) is 64.2 Å². The fraction of sp³-hybridized carbons (Fsp3) is 0.149. The second-order valence-corrected chi connectivity index (χ2v) is 33.3. The summed E-state index contributed by atoms with van der Waals surface area (Å²) in [6.07, 6.45) is 11.4. The van der Waals surface area contributed by atoms with Gasteiger partial charge in [-0.3, -0.25) is 47.4 Å². The molecule has 21 aromatic rings. The normalized spacial score (nSPS) is 11.6. The number of benzene rings is 5. The second kappa shape index (κ2) is 34.8. The number of phenols is 1. The number of aryl methyl sites for hydroxylation is 8. The number of nitrogen functional groups attached to an aromatic ring is 4. The number of imidazole rings is 1. The first-order valence-electron chi connectivity index (χ1n) is 41.0. The number of aliphatic hydroxyl groups is 1. The molecule has 21 rings (SSSR count). The van der Waals surface area contributed by atoms with E-state index in [0.717, 1.165) is 83.2 Å². The number of aromatic hydroxyl groups is 1. The minimum atomic E-state index is -0.830. The van der Waals surface area contributed by atoms with Gasteiger partial charge in [0.05, 0.1) is 103 Å². The van der Waals surface area contributed by atoms with E-state index in [1.165, 1.54) is 60.1 Å². The Morgan fingerprint density at radius 3 is 1.53 bits per heavy atom. The molecule has 131 heavy (non-hydrogen) atoms. The Balaban J connectivity index is 0.000000118. The first kappa shape index (κ1) is 85.0. The van der Waals surface area contributed by atoms with Gasteiger partial charge in [-0.15, -0.1) is 22.7 Å². The maximum atomic E-state index is 14.2. The summed E-state index contributed by atoms with van der Waals surface area (Å²) in [5, 5.41) is 39.2. The molecule has 0 bridgehead atoms. The summed E-state index contributed by atoms with van der Waals surface area (Å²) in [6.45, 7) is 18.1. The number of rotatable bonds is 13. The quantitative estimate of drug-likeness (QED) is 0.0584. The van der Waals surface area contributed by atoms with Gasteiger partial charge in [0.2, 0.25) is 0 Å². The molecule has 16 aromatic heterocycles. The highest BCUT2D eigenvalue weighted by Crippen LogP contribution is 2.35. The summed E-state index contributed by atoms with van der Waals surface area (Å²) < 4.78 is 27.6. The van der Waals surface area contributed by atoms with Gasteiger partial charge in [0, 0.05) is 34.6 Å². The van der Waals surface area contributed by atoms with Gasteiger partial charge in [-0.25, -0.2) is 73.3 Å². The molecule has 0 saturated heterocycles. The standard InChI is InChI=1S/C28H22FN7O2.C24H21N7O2S.C22H19N7O.C20H17N7OS/c1-15-5-3-4-6-22(15)36-19(12-21-23(28(36)38)16(2)7-8-31-21)13-35-27-24(26(30)32-14-33-27)25(34-35)17-9-18(29)11-20(37)10-17;1-13-6-4-5-7-18(13)31-19(28-23-16(24(31)33)10-15(3)34-23)11-30-22-20(21(25)26-12-27-22)17(29-30)9-8-14(2)32;1-13-5-3-4-6-17(13)29-15(9-16-18(22(29)30)14(2)7-8-24-16)10-28-12-27-19-20(23)25-11-26-21(19)28;1-11-5-3-4-6-14(11)27-15(25-19-16(20(27)28)12(2)9-29-19)8-26-18-13(7-24-26)17(21)22-10-23-18/h3-12,14,37H,13H2,1-2H3,(H2,30,32,33);4-7,10,12,14,32H,11H2,1-3H3,(H2,25,26,27);3-9,11-12H,10H2,1-2H3,(H2,23,25,26);3-7,9-10H,8H2,1-2H3,(H2,21,22,23)/t;14-;;/m.0../s1. The number of nitrogens with zero attached hydrogens (tertiary/aromatic N) is 24. The van der Waals surface area contributed by atoms with Crippen LogP contribution in [0.3, 0.4) is 0 Å². The largest absolute Gasteiger partial charge is 0.508 e. The van der Waals surface area contributed by atoms with Crippen molar-refractivity contribution in [3.05, 3.63) is 321 Å². The van der Waals surface area contributed by atoms with Crippen LogP contribution in [0.25, 0.3) is 121 Å². The number of phenolic OH excluding ortho intramolecular Hbond substituents is 1. The summed E-state index contributed by atoms with van der Waals surface area (Å²) in [7, 11) is 0. The zero-order valence-electron chi connectivity index (χ0n) is 71.7. The Morgan fingerprint density at radius 1 is 0.450 bits per heavy atom. The van der Waals surface area contributed by atoms with E-state index in [4.69, 9.17) is 38.0 Å². The molecular formula is C94H79FN28O6S2. The lowest BCUT2D eigenvalue weighted by molar-refractivity contribution is 0.253. The van der Waals surface area contributed by atoms with Crippen LogP contribution in [0.5, 0.6) is 5.75 Å². The minimum absolute atomic E-state index is 0.0800. The number of hydrogen-bond acceptors (Lipinski definition) is 28. The molecule has 0 radical (unpaired) electrons. The minimum Gasteiger partial charge on any atom is -0.508 e. The molecule has 1 atom stereocenters. The third-order valence-electron chi connectivity index (χ3n) is 22.2. The van der Waals surface area contributed by atoms with E-state index in [0.29, 0.717) is 134 Å².